The van der Waals surface area contributed by atoms with Crippen LogP contribution >= 0.6 is 15.9 Å². The third-order valence-corrected chi connectivity index (χ3v) is 2.78. The number of nitrogens with zero attached hydrogens (tertiary/aromatic N) is 1. The van der Waals surface area contributed by atoms with Crippen molar-refractivity contribution >= 4 is 27.7 Å². The first-order valence-electron chi connectivity index (χ1n) is 5.73. The van der Waals surface area contributed by atoms with E-state index in [1.54, 1.807) is 26.2 Å². The van der Waals surface area contributed by atoms with Crippen LogP contribution in [0.25, 0.3) is 0 Å². The van der Waals surface area contributed by atoms with Gasteiger partial charge in [0.05, 0.1) is 6.61 Å². The van der Waals surface area contributed by atoms with Gasteiger partial charge in [-0.15, -0.1) is 0 Å². The molecule has 1 unspecified atom stereocenters. The first-order valence-corrected chi connectivity index (χ1v) is 6.53. The van der Waals surface area contributed by atoms with Crippen molar-refractivity contribution in [1.82, 2.24) is 15.6 Å². The van der Waals surface area contributed by atoms with Gasteiger partial charge in [-0.3, -0.25) is 9.59 Å². The third-order valence-electron chi connectivity index (χ3n) is 2.31. The van der Waals surface area contributed by atoms with Crippen molar-refractivity contribution in [1.29, 1.82) is 0 Å². The summed E-state index contributed by atoms with van der Waals surface area (Å²) < 4.78 is 5.60. The van der Waals surface area contributed by atoms with Crippen LogP contribution in [0, 0.1) is 0 Å². The van der Waals surface area contributed by atoms with Crippen molar-refractivity contribution in [3.8, 4) is 0 Å². The average molecular weight is 330 g/mol. The van der Waals surface area contributed by atoms with Crippen LogP contribution in [0.5, 0.6) is 0 Å². The number of hydrogen-bond acceptors (Lipinski definition) is 4. The molecule has 1 rings (SSSR count). The van der Waals surface area contributed by atoms with E-state index in [0.717, 1.165) is 4.47 Å². The van der Waals surface area contributed by atoms with Crippen molar-refractivity contribution in [2.75, 3.05) is 20.3 Å². The molecule has 2 N–H and O–H groups in total. The number of halogens is 1. The standard InChI is InChI=1S/C12H16BrN3O3/c1-8(11(17)14-5-6-19-2)16-12(18)10-4-3-9(13)7-15-10/h3-4,7-8H,5-6H2,1-2H3,(H,14,17)(H,16,18). The second-order valence-corrected chi connectivity index (χ2v) is 4.76. The van der Waals surface area contributed by atoms with E-state index in [1.807, 2.05) is 0 Å². The maximum absolute atomic E-state index is 11.8. The number of hydrogen-bond donors (Lipinski definition) is 2. The number of ether oxygens (including phenoxy) is 1. The SMILES string of the molecule is COCCNC(=O)C(C)NC(=O)c1ccc(Br)cn1. The Bertz CT molecular complexity index is 436. The zero-order valence-corrected chi connectivity index (χ0v) is 12.4. The topological polar surface area (TPSA) is 80.3 Å². The minimum Gasteiger partial charge on any atom is -0.383 e. The Labute approximate surface area is 120 Å². The Kier molecular flexibility index (Phi) is 6.44. The molecule has 0 bridgehead atoms. The molecule has 0 aromatic carbocycles. The van der Waals surface area contributed by atoms with Crippen LogP contribution in [0.2, 0.25) is 0 Å². The molecule has 0 aliphatic rings. The van der Waals surface area contributed by atoms with Crippen LogP contribution in [0.1, 0.15) is 17.4 Å². The zero-order chi connectivity index (χ0) is 14.3. The number of carbonyl (C=O) groups excluding carboxylic acids is 2. The zero-order valence-electron chi connectivity index (χ0n) is 10.8. The van der Waals surface area contributed by atoms with Crippen molar-refractivity contribution in [2.45, 2.75) is 13.0 Å². The van der Waals surface area contributed by atoms with E-state index in [2.05, 4.69) is 31.5 Å². The van der Waals surface area contributed by atoms with Crippen molar-refractivity contribution in [3.05, 3.63) is 28.5 Å². The maximum Gasteiger partial charge on any atom is 0.270 e. The quantitative estimate of drug-likeness (QED) is 0.754. The molecule has 7 heteroatoms. The number of amides is 2. The van der Waals surface area contributed by atoms with Gasteiger partial charge in [-0.25, -0.2) is 4.98 Å². The van der Waals surface area contributed by atoms with Crippen molar-refractivity contribution in [2.24, 2.45) is 0 Å². The van der Waals surface area contributed by atoms with Gasteiger partial charge in [0.15, 0.2) is 0 Å². The Morgan fingerprint density at radius 3 is 2.79 bits per heavy atom. The van der Waals surface area contributed by atoms with Gasteiger partial charge in [0, 0.05) is 24.3 Å². The lowest BCUT2D eigenvalue weighted by Gasteiger charge is -2.13. The smallest absolute Gasteiger partial charge is 0.270 e. The van der Waals surface area contributed by atoms with E-state index in [4.69, 9.17) is 4.74 Å². The maximum atomic E-state index is 11.8. The van der Waals surface area contributed by atoms with Crippen LogP contribution in [-0.2, 0) is 9.53 Å². The summed E-state index contributed by atoms with van der Waals surface area (Å²) >= 11 is 3.23. The summed E-state index contributed by atoms with van der Waals surface area (Å²) in [6.45, 7) is 2.45. The molecule has 0 aliphatic heterocycles. The van der Waals surface area contributed by atoms with Gasteiger partial charge in [0.1, 0.15) is 11.7 Å². The van der Waals surface area contributed by atoms with Gasteiger partial charge < -0.3 is 15.4 Å². The molecule has 1 aromatic rings. The Morgan fingerprint density at radius 1 is 1.47 bits per heavy atom. The molecular weight excluding hydrogens is 314 g/mol. The molecule has 1 atom stereocenters. The highest BCUT2D eigenvalue weighted by atomic mass is 79.9. The predicted octanol–water partition coefficient (Wildman–Crippen LogP) is 0.725. The molecule has 0 fully saturated rings. The normalized spacial score (nSPS) is 11.7. The van der Waals surface area contributed by atoms with E-state index in [0.29, 0.717) is 13.2 Å². The fraction of sp³-hybridized carbons (Fsp3) is 0.417. The van der Waals surface area contributed by atoms with Gasteiger partial charge in [-0.1, -0.05) is 0 Å². The van der Waals surface area contributed by atoms with E-state index in [9.17, 15) is 9.59 Å². The summed E-state index contributed by atoms with van der Waals surface area (Å²) in [5.74, 6) is -0.649. The highest BCUT2D eigenvalue weighted by molar-refractivity contribution is 9.10. The molecule has 0 radical (unpaired) electrons. The highest BCUT2D eigenvalue weighted by Crippen LogP contribution is 2.07. The summed E-state index contributed by atoms with van der Waals surface area (Å²) in [4.78, 5) is 27.4. The monoisotopic (exact) mass is 329 g/mol. The second kappa shape index (κ2) is 7.85. The number of rotatable bonds is 6. The molecule has 0 saturated heterocycles. The van der Waals surface area contributed by atoms with Crippen molar-refractivity contribution < 1.29 is 14.3 Å². The molecule has 19 heavy (non-hydrogen) atoms. The van der Waals surface area contributed by atoms with Crippen LogP contribution in [0.3, 0.4) is 0 Å². The van der Waals surface area contributed by atoms with Gasteiger partial charge >= 0.3 is 0 Å². The molecule has 104 valence electrons. The summed E-state index contributed by atoms with van der Waals surface area (Å²) in [6.07, 6.45) is 1.53. The number of nitrogens with one attached hydrogen (secondary N) is 2. The average Bonchev–Trinajstić information content (AvgIpc) is 2.39. The summed E-state index contributed by atoms with van der Waals surface area (Å²) in [6, 6.07) is 2.66. The molecular formula is C12H16BrN3O3. The summed E-state index contributed by atoms with van der Waals surface area (Å²) in [5.41, 5.74) is 0.264. The van der Waals surface area contributed by atoms with Crippen LogP contribution < -0.4 is 10.6 Å². The fourth-order valence-corrected chi connectivity index (χ4v) is 1.51. The van der Waals surface area contributed by atoms with Gasteiger partial charge in [-0.05, 0) is 35.0 Å². The Balaban J connectivity index is 2.47. The molecule has 0 saturated carbocycles. The first-order chi connectivity index (χ1) is 9.04. The highest BCUT2D eigenvalue weighted by Gasteiger charge is 2.16. The summed E-state index contributed by atoms with van der Waals surface area (Å²) in [7, 11) is 1.55. The van der Waals surface area contributed by atoms with Gasteiger partial charge in [-0.2, -0.15) is 0 Å². The van der Waals surface area contributed by atoms with E-state index in [1.165, 1.54) is 6.20 Å². The van der Waals surface area contributed by atoms with E-state index in [-0.39, 0.29) is 17.5 Å². The summed E-state index contributed by atoms with van der Waals surface area (Å²) in [5, 5.41) is 5.22. The number of carbonyl (C=O) groups is 2. The van der Waals surface area contributed by atoms with Gasteiger partial charge in [0.2, 0.25) is 5.91 Å². The number of aromatic nitrogens is 1. The number of methoxy groups -OCH3 is 1. The van der Waals surface area contributed by atoms with Gasteiger partial charge in [0.25, 0.3) is 5.91 Å². The van der Waals surface area contributed by atoms with E-state index < -0.39 is 6.04 Å². The third kappa shape index (κ3) is 5.35. The first kappa shape index (κ1) is 15.6. The number of pyridine rings is 1. The lowest BCUT2D eigenvalue weighted by molar-refractivity contribution is -0.122. The second-order valence-electron chi connectivity index (χ2n) is 3.84. The molecule has 1 aromatic heterocycles. The molecule has 0 spiro atoms. The minimum absolute atomic E-state index is 0.262. The largest absolute Gasteiger partial charge is 0.383 e. The van der Waals surface area contributed by atoms with Crippen LogP contribution in [-0.4, -0.2) is 43.1 Å². The van der Waals surface area contributed by atoms with Crippen LogP contribution in [0.4, 0.5) is 0 Å². The molecule has 6 nitrogen and oxygen atoms in total. The Morgan fingerprint density at radius 2 is 2.21 bits per heavy atom. The van der Waals surface area contributed by atoms with Crippen molar-refractivity contribution in [3.63, 3.8) is 0 Å². The minimum atomic E-state index is -0.630. The molecule has 1 heterocycles. The fourth-order valence-electron chi connectivity index (χ4n) is 1.28. The van der Waals surface area contributed by atoms with E-state index >= 15 is 0 Å². The predicted molar refractivity (Wildman–Crippen MR) is 73.8 cm³/mol. The molecule has 0 aliphatic carbocycles. The molecule has 2 amide bonds. The lowest BCUT2D eigenvalue weighted by Crippen LogP contribution is -2.45. The lowest BCUT2D eigenvalue weighted by atomic mass is 10.2. The van der Waals surface area contributed by atoms with Crippen LogP contribution in [0.15, 0.2) is 22.8 Å². The Hall–Kier alpha value is -1.47.